The van der Waals surface area contributed by atoms with Crippen LogP contribution in [0.5, 0.6) is 17.5 Å². The fourth-order valence-corrected chi connectivity index (χ4v) is 4.41. The highest BCUT2D eigenvalue weighted by atomic mass is 16.5. The Morgan fingerprint density at radius 3 is 2.76 bits per heavy atom. The Labute approximate surface area is 219 Å². The maximum Gasteiger partial charge on any atom is 0.326 e. The molecule has 0 amide bonds. The van der Waals surface area contributed by atoms with Crippen molar-refractivity contribution in [3.05, 3.63) is 60.2 Å². The van der Waals surface area contributed by atoms with Crippen molar-refractivity contribution >= 4 is 11.9 Å². The number of nitrogens with one attached hydrogen (secondary N) is 1. The van der Waals surface area contributed by atoms with Gasteiger partial charge in [0.2, 0.25) is 5.95 Å². The van der Waals surface area contributed by atoms with Gasteiger partial charge in [-0.25, -0.2) is 14.6 Å². The van der Waals surface area contributed by atoms with E-state index in [2.05, 4.69) is 30.6 Å². The van der Waals surface area contributed by atoms with Crippen LogP contribution in [-0.2, 0) is 18.4 Å². The number of carbonyl (C=O) groups is 1. The first-order chi connectivity index (χ1) is 18.5. The summed E-state index contributed by atoms with van der Waals surface area (Å²) in [4.78, 5) is 28.7. The summed E-state index contributed by atoms with van der Waals surface area (Å²) in [5.41, 5.74) is 2.75. The highest BCUT2D eigenvalue weighted by molar-refractivity contribution is 5.70. The van der Waals surface area contributed by atoms with E-state index in [0.29, 0.717) is 53.9 Å². The van der Waals surface area contributed by atoms with E-state index in [1.54, 1.807) is 11.7 Å². The molecule has 2 N–H and O–H groups in total. The average Bonchev–Trinajstić information content (AvgIpc) is 3.29. The number of hydrogen-bond donors (Lipinski definition) is 2. The zero-order valence-electron chi connectivity index (χ0n) is 21.1. The molecule has 2 atom stereocenters. The minimum absolute atomic E-state index is 0.136. The highest BCUT2D eigenvalue weighted by Crippen LogP contribution is 2.30. The van der Waals surface area contributed by atoms with E-state index in [1.807, 2.05) is 49.4 Å². The van der Waals surface area contributed by atoms with Crippen LogP contribution in [0.3, 0.4) is 0 Å². The maximum absolute atomic E-state index is 11.4. The van der Waals surface area contributed by atoms with Crippen LogP contribution < -0.4 is 14.8 Å². The summed E-state index contributed by atoms with van der Waals surface area (Å²) in [6.07, 6.45) is 4.11. The Kier molecular flexibility index (Phi) is 7.38. The van der Waals surface area contributed by atoms with E-state index in [9.17, 15) is 9.90 Å². The second-order valence-corrected chi connectivity index (χ2v) is 9.09. The molecule has 5 rings (SSSR count). The van der Waals surface area contributed by atoms with Gasteiger partial charge in [0.25, 0.3) is 0 Å². The van der Waals surface area contributed by atoms with Crippen LogP contribution in [0.25, 0.3) is 11.4 Å². The molecule has 0 saturated heterocycles. The molecule has 3 aromatic heterocycles. The number of aromatic nitrogens is 7. The molecule has 1 aliphatic carbocycles. The highest BCUT2D eigenvalue weighted by Gasteiger charge is 2.28. The number of pyridine rings is 1. The summed E-state index contributed by atoms with van der Waals surface area (Å²) >= 11 is 0. The summed E-state index contributed by atoms with van der Waals surface area (Å²) < 4.78 is 13.5. The van der Waals surface area contributed by atoms with Gasteiger partial charge in [-0.3, -0.25) is 4.79 Å². The number of aryl methyl sites for hydroxylation is 2. The number of rotatable bonds is 9. The Bertz CT molecular complexity index is 1410. The van der Waals surface area contributed by atoms with Crippen LogP contribution in [0.2, 0.25) is 0 Å². The minimum atomic E-state index is -0.760. The lowest BCUT2D eigenvalue weighted by atomic mass is 9.87. The fourth-order valence-electron chi connectivity index (χ4n) is 4.41. The lowest BCUT2D eigenvalue weighted by Gasteiger charge is -2.27. The second kappa shape index (κ2) is 11.2. The zero-order valence-corrected chi connectivity index (χ0v) is 21.1. The van der Waals surface area contributed by atoms with Gasteiger partial charge in [0.1, 0.15) is 23.5 Å². The third-order valence-corrected chi connectivity index (χ3v) is 6.41. The summed E-state index contributed by atoms with van der Waals surface area (Å²) in [6, 6.07) is 13.1. The van der Waals surface area contributed by atoms with Gasteiger partial charge >= 0.3 is 12.0 Å². The van der Waals surface area contributed by atoms with Crippen molar-refractivity contribution in [2.24, 2.45) is 13.0 Å². The Hall–Kier alpha value is -4.61. The quantitative estimate of drug-likeness (QED) is 0.334. The SMILES string of the molecule is Cc1nc(-c2nnn(C)c2CNc2ncnc(Oc3ccccc3)n2)ccc1O[C@H]1CCC[C@H](C(=O)O)C1. The number of carboxylic acid groups (broad SMARTS) is 1. The molecule has 0 bridgehead atoms. The Morgan fingerprint density at radius 2 is 1.97 bits per heavy atom. The summed E-state index contributed by atoms with van der Waals surface area (Å²) in [6.45, 7) is 2.20. The molecular formula is C26H28N8O4. The van der Waals surface area contributed by atoms with Gasteiger partial charge < -0.3 is 19.9 Å². The molecule has 1 fully saturated rings. The van der Waals surface area contributed by atoms with Gasteiger partial charge in [-0.15, -0.1) is 5.10 Å². The summed E-state index contributed by atoms with van der Waals surface area (Å²) in [5.74, 6) is 0.495. The molecule has 3 heterocycles. The van der Waals surface area contributed by atoms with Crippen molar-refractivity contribution in [1.82, 2.24) is 34.9 Å². The van der Waals surface area contributed by atoms with E-state index in [0.717, 1.165) is 18.5 Å². The largest absolute Gasteiger partial charge is 0.489 e. The van der Waals surface area contributed by atoms with Crippen LogP contribution in [-0.4, -0.2) is 52.1 Å². The fraction of sp³-hybridized carbons (Fsp3) is 0.346. The molecular weight excluding hydrogens is 488 g/mol. The number of hydrogen-bond acceptors (Lipinski definition) is 10. The van der Waals surface area contributed by atoms with Crippen molar-refractivity contribution in [3.8, 4) is 28.9 Å². The first-order valence-electron chi connectivity index (χ1n) is 12.4. The lowest BCUT2D eigenvalue weighted by molar-refractivity contribution is -0.143. The van der Waals surface area contributed by atoms with Crippen LogP contribution >= 0.6 is 0 Å². The number of aliphatic carboxylic acids is 1. The van der Waals surface area contributed by atoms with Crippen molar-refractivity contribution in [1.29, 1.82) is 0 Å². The van der Waals surface area contributed by atoms with Crippen molar-refractivity contribution in [2.45, 2.75) is 45.3 Å². The smallest absolute Gasteiger partial charge is 0.326 e. The predicted molar refractivity (Wildman–Crippen MR) is 137 cm³/mol. The van der Waals surface area contributed by atoms with Crippen LogP contribution in [0, 0.1) is 12.8 Å². The summed E-state index contributed by atoms with van der Waals surface area (Å²) in [7, 11) is 1.80. The van der Waals surface area contributed by atoms with Gasteiger partial charge in [-0.2, -0.15) is 9.97 Å². The maximum atomic E-state index is 11.4. The molecule has 196 valence electrons. The minimum Gasteiger partial charge on any atom is -0.489 e. The molecule has 38 heavy (non-hydrogen) atoms. The molecule has 1 saturated carbocycles. The molecule has 0 radical (unpaired) electrons. The number of benzene rings is 1. The van der Waals surface area contributed by atoms with Gasteiger partial charge in [0.05, 0.1) is 35.6 Å². The van der Waals surface area contributed by atoms with Crippen molar-refractivity contribution < 1.29 is 19.4 Å². The van der Waals surface area contributed by atoms with E-state index in [4.69, 9.17) is 14.5 Å². The molecule has 0 spiro atoms. The molecule has 0 aliphatic heterocycles. The zero-order chi connectivity index (χ0) is 26.5. The van der Waals surface area contributed by atoms with Crippen LogP contribution in [0.1, 0.15) is 37.1 Å². The lowest BCUT2D eigenvalue weighted by Crippen LogP contribution is -2.29. The van der Waals surface area contributed by atoms with E-state index in [-0.39, 0.29) is 18.0 Å². The predicted octanol–water partition coefficient (Wildman–Crippen LogP) is 3.80. The van der Waals surface area contributed by atoms with Crippen molar-refractivity contribution in [3.63, 3.8) is 0 Å². The number of para-hydroxylation sites is 1. The van der Waals surface area contributed by atoms with Gasteiger partial charge in [0, 0.05) is 7.05 Å². The Morgan fingerprint density at radius 1 is 1.13 bits per heavy atom. The molecule has 1 aromatic carbocycles. The summed E-state index contributed by atoms with van der Waals surface area (Å²) in [5, 5.41) is 21.0. The Balaban J connectivity index is 1.27. The van der Waals surface area contributed by atoms with Gasteiger partial charge in [-0.1, -0.05) is 23.4 Å². The molecule has 4 aromatic rings. The topological polar surface area (TPSA) is 150 Å². The van der Waals surface area contributed by atoms with Gasteiger partial charge in [-0.05, 0) is 56.9 Å². The molecule has 1 aliphatic rings. The third-order valence-electron chi connectivity index (χ3n) is 6.41. The molecule has 0 unspecified atom stereocenters. The standard InChI is InChI=1S/C26H28N8O4/c1-16-22(37-19-10-6-7-17(13-19)24(35)36)12-11-20(30-16)23-21(34(2)33-32-23)14-27-25-28-15-29-26(31-25)38-18-8-4-3-5-9-18/h3-5,8-9,11-12,15,17,19H,6-7,10,13-14H2,1-2H3,(H,35,36)(H,27,28,29,31)/t17-,19-/m0/s1. The third kappa shape index (κ3) is 5.85. The number of ether oxygens (including phenoxy) is 2. The van der Waals surface area contributed by atoms with Crippen LogP contribution in [0.15, 0.2) is 48.8 Å². The monoisotopic (exact) mass is 516 g/mol. The second-order valence-electron chi connectivity index (χ2n) is 9.09. The first-order valence-corrected chi connectivity index (χ1v) is 12.4. The molecule has 12 nitrogen and oxygen atoms in total. The number of nitrogens with zero attached hydrogens (tertiary/aromatic N) is 7. The number of carboxylic acids is 1. The normalized spacial score (nSPS) is 17.1. The van der Waals surface area contributed by atoms with E-state index in [1.165, 1.54) is 6.33 Å². The average molecular weight is 517 g/mol. The van der Waals surface area contributed by atoms with Crippen molar-refractivity contribution in [2.75, 3.05) is 5.32 Å². The van der Waals surface area contributed by atoms with Crippen LogP contribution in [0.4, 0.5) is 5.95 Å². The molecule has 12 heteroatoms. The first kappa shape index (κ1) is 25.1. The van der Waals surface area contributed by atoms with E-state index < -0.39 is 5.97 Å². The number of anilines is 1. The van der Waals surface area contributed by atoms with Gasteiger partial charge in [0.15, 0.2) is 0 Å². The van der Waals surface area contributed by atoms with E-state index >= 15 is 0 Å².